The van der Waals surface area contributed by atoms with Crippen LogP contribution in [0.15, 0.2) is 72.9 Å². The Morgan fingerprint density at radius 1 is 1.00 bits per heavy atom. The van der Waals surface area contributed by atoms with E-state index in [1.807, 2.05) is 26.8 Å². The Balaban J connectivity index is 5.94. The minimum absolute atomic E-state index is 0.112. The van der Waals surface area contributed by atoms with Crippen LogP contribution in [0.2, 0.25) is 0 Å². The lowest BCUT2D eigenvalue weighted by molar-refractivity contribution is 0.517. The van der Waals surface area contributed by atoms with Gasteiger partial charge in [0.05, 0.1) is 5.70 Å². The Kier molecular flexibility index (Phi) is 6.46. The van der Waals surface area contributed by atoms with Gasteiger partial charge in [-0.15, -0.1) is 0 Å². The van der Waals surface area contributed by atoms with Crippen LogP contribution in [-0.4, -0.2) is 8.42 Å². The topological polar surface area (TPSA) is 46.2 Å². The van der Waals surface area contributed by atoms with Crippen LogP contribution >= 0.6 is 0 Å². The van der Waals surface area contributed by atoms with Crippen molar-refractivity contribution >= 4 is 10.0 Å². The van der Waals surface area contributed by atoms with E-state index in [2.05, 4.69) is 31.0 Å². The largest absolute Gasteiger partial charge is 0.280 e. The molecule has 0 aliphatic heterocycles. The molecule has 0 amide bonds. The highest BCUT2D eigenvalue weighted by atomic mass is 32.2. The molecule has 1 N–H and O–H groups in total. The Bertz CT molecular complexity index is 570. The zero-order valence-electron chi connectivity index (χ0n) is 12.4. The molecule has 4 heteroatoms. The summed E-state index contributed by atoms with van der Waals surface area (Å²) in [7, 11) is -3.58. The molecule has 0 aliphatic rings. The van der Waals surface area contributed by atoms with Gasteiger partial charge in [0.15, 0.2) is 0 Å². The first-order valence-corrected chi connectivity index (χ1v) is 7.65. The fourth-order valence-corrected chi connectivity index (χ4v) is 2.00. The van der Waals surface area contributed by atoms with Gasteiger partial charge in [-0.05, 0) is 28.7 Å². The molecule has 20 heavy (non-hydrogen) atoms. The van der Waals surface area contributed by atoms with Crippen LogP contribution in [-0.2, 0) is 10.0 Å². The van der Waals surface area contributed by atoms with Crippen molar-refractivity contribution in [3.8, 4) is 0 Å². The molecule has 110 valence electrons. The van der Waals surface area contributed by atoms with Crippen molar-refractivity contribution in [3.63, 3.8) is 0 Å². The average molecular weight is 293 g/mol. The second-order valence-corrected chi connectivity index (χ2v) is 6.77. The third kappa shape index (κ3) is 5.45. The van der Waals surface area contributed by atoms with Crippen LogP contribution in [0.3, 0.4) is 0 Å². The van der Waals surface area contributed by atoms with Crippen LogP contribution in [0.4, 0.5) is 0 Å². The lowest BCUT2D eigenvalue weighted by atomic mass is 9.85. The minimum Gasteiger partial charge on any atom is -0.280 e. The predicted octanol–water partition coefficient (Wildman–Crippen LogP) is 3.83. The normalized spacial score (nSPS) is 14.1. The molecule has 0 unspecified atom stereocenters. The standard InChI is InChI=1S/C16H23NO2S/c1-8-13(12-14(9-2)16(5,6)7)15(10-3)17-20(18,19)11-4/h8-12,17H,1-4H2,5-7H3/b14-12+,15-13+. The summed E-state index contributed by atoms with van der Waals surface area (Å²) in [5.74, 6) is 0. The molecular weight excluding hydrogens is 270 g/mol. The molecule has 0 saturated carbocycles. The van der Waals surface area contributed by atoms with Gasteiger partial charge in [-0.25, -0.2) is 8.42 Å². The number of hydrogen-bond donors (Lipinski definition) is 1. The van der Waals surface area contributed by atoms with Gasteiger partial charge in [0.1, 0.15) is 0 Å². The molecule has 3 nitrogen and oxygen atoms in total. The predicted molar refractivity (Wildman–Crippen MR) is 87.4 cm³/mol. The highest BCUT2D eigenvalue weighted by Gasteiger charge is 2.15. The molecule has 0 radical (unpaired) electrons. The van der Waals surface area contributed by atoms with Crippen LogP contribution < -0.4 is 4.72 Å². The van der Waals surface area contributed by atoms with Crippen LogP contribution in [0, 0.1) is 5.41 Å². The Morgan fingerprint density at radius 3 is 1.85 bits per heavy atom. The SMILES string of the molecule is C=C/C(=C\C(C=C)=C(/C=C)NS(=O)(=O)C=C)C(C)(C)C. The smallest absolute Gasteiger partial charge is 0.254 e. The Morgan fingerprint density at radius 2 is 1.55 bits per heavy atom. The van der Waals surface area contributed by atoms with Crippen molar-refractivity contribution < 1.29 is 8.42 Å². The summed E-state index contributed by atoms with van der Waals surface area (Å²) < 4.78 is 25.5. The summed E-state index contributed by atoms with van der Waals surface area (Å²) in [4.78, 5) is 0. The van der Waals surface area contributed by atoms with E-state index in [1.54, 1.807) is 12.2 Å². The van der Waals surface area contributed by atoms with Crippen molar-refractivity contribution in [1.29, 1.82) is 0 Å². The lowest BCUT2D eigenvalue weighted by Crippen LogP contribution is -2.20. The van der Waals surface area contributed by atoms with Gasteiger partial charge in [0, 0.05) is 5.41 Å². The fourth-order valence-electron chi connectivity index (χ4n) is 1.41. The van der Waals surface area contributed by atoms with Crippen LogP contribution in [0.25, 0.3) is 0 Å². The Labute approximate surface area is 122 Å². The lowest BCUT2D eigenvalue weighted by Gasteiger charge is -2.21. The number of nitrogens with one attached hydrogen (secondary N) is 1. The van der Waals surface area contributed by atoms with E-state index in [0.717, 1.165) is 11.0 Å². The maximum absolute atomic E-state index is 11.6. The molecule has 0 aromatic carbocycles. The highest BCUT2D eigenvalue weighted by Crippen LogP contribution is 2.27. The Hall–Kier alpha value is -1.81. The van der Waals surface area contributed by atoms with Crippen LogP contribution in [0.1, 0.15) is 20.8 Å². The van der Waals surface area contributed by atoms with Gasteiger partial charge in [0.2, 0.25) is 0 Å². The van der Waals surface area contributed by atoms with E-state index >= 15 is 0 Å². The van der Waals surface area contributed by atoms with Crippen molar-refractivity contribution in [2.45, 2.75) is 20.8 Å². The number of sulfonamides is 1. The first-order chi connectivity index (χ1) is 9.11. The molecular formula is C16H23NO2S. The molecule has 0 bridgehead atoms. The minimum atomic E-state index is -3.58. The van der Waals surface area contributed by atoms with Gasteiger partial charge >= 0.3 is 0 Å². The molecule has 0 spiro atoms. The second-order valence-electron chi connectivity index (χ2n) is 5.14. The van der Waals surface area contributed by atoms with Crippen molar-refractivity contribution in [1.82, 2.24) is 4.72 Å². The molecule has 0 aromatic heterocycles. The van der Waals surface area contributed by atoms with E-state index in [1.165, 1.54) is 6.08 Å². The summed E-state index contributed by atoms with van der Waals surface area (Å²) >= 11 is 0. The summed E-state index contributed by atoms with van der Waals surface area (Å²) in [5.41, 5.74) is 1.82. The van der Waals surface area contributed by atoms with Crippen molar-refractivity contribution in [2.75, 3.05) is 0 Å². The first kappa shape index (κ1) is 18.2. The fraction of sp³-hybridized carbons (Fsp3) is 0.250. The van der Waals surface area contributed by atoms with E-state index < -0.39 is 10.0 Å². The number of hydrogen-bond acceptors (Lipinski definition) is 2. The highest BCUT2D eigenvalue weighted by molar-refractivity contribution is 7.92. The summed E-state index contributed by atoms with van der Waals surface area (Å²) in [6.07, 6.45) is 6.57. The molecule has 0 aromatic rings. The van der Waals surface area contributed by atoms with Gasteiger partial charge in [0.25, 0.3) is 10.0 Å². The monoisotopic (exact) mass is 293 g/mol. The quantitative estimate of drug-likeness (QED) is 0.725. The molecule has 0 heterocycles. The first-order valence-electron chi connectivity index (χ1n) is 6.10. The third-order valence-corrected chi connectivity index (χ3v) is 3.55. The van der Waals surface area contributed by atoms with E-state index in [9.17, 15) is 8.42 Å². The summed E-state index contributed by atoms with van der Waals surface area (Å²) in [6.45, 7) is 20.5. The molecule has 0 aliphatic carbocycles. The van der Waals surface area contributed by atoms with E-state index in [4.69, 9.17) is 0 Å². The van der Waals surface area contributed by atoms with Gasteiger partial charge in [-0.1, -0.05) is 59.2 Å². The van der Waals surface area contributed by atoms with Gasteiger partial charge < -0.3 is 0 Å². The second kappa shape index (κ2) is 7.10. The maximum atomic E-state index is 11.6. The number of rotatable bonds is 7. The van der Waals surface area contributed by atoms with Crippen molar-refractivity contribution in [2.24, 2.45) is 5.41 Å². The molecule has 0 rings (SSSR count). The third-order valence-electron chi connectivity index (χ3n) is 2.60. The number of allylic oxidation sites excluding steroid dienone is 6. The summed E-state index contributed by atoms with van der Waals surface area (Å²) in [5, 5.41) is 0.846. The van der Waals surface area contributed by atoms with E-state index in [0.29, 0.717) is 11.3 Å². The van der Waals surface area contributed by atoms with Crippen LogP contribution in [0.5, 0.6) is 0 Å². The van der Waals surface area contributed by atoms with E-state index in [-0.39, 0.29) is 5.41 Å². The average Bonchev–Trinajstić information content (AvgIpc) is 2.36. The van der Waals surface area contributed by atoms with Gasteiger partial charge in [-0.2, -0.15) is 0 Å². The zero-order chi connectivity index (χ0) is 16.0. The molecule has 0 fully saturated rings. The van der Waals surface area contributed by atoms with Gasteiger partial charge in [-0.3, -0.25) is 4.72 Å². The maximum Gasteiger partial charge on any atom is 0.254 e. The molecule has 0 saturated heterocycles. The van der Waals surface area contributed by atoms with Crippen molar-refractivity contribution in [3.05, 3.63) is 72.9 Å². The zero-order valence-corrected chi connectivity index (χ0v) is 13.3. The summed E-state index contributed by atoms with van der Waals surface area (Å²) in [6, 6.07) is 0. The molecule has 0 atom stereocenters.